The summed E-state index contributed by atoms with van der Waals surface area (Å²) in [7, 11) is 0. The summed E-state index contributed by atoms with van der Waals surface area (Å²) >= 11 is 2.35. The van der Waals surface area contributed by atoms with Crippen LogP contribution in [-0.2, 0) is 6.42 Å². The zero-order valence-corrected chi connectivity index (χ0v) is 12.1. The average molecular weight is 342 g/mol. The van der Waals surface area contributed by atoms with E-state index in [4.69, 9.17) is 5.84 Å². The Balaban J connectivity index is 1.64. The lowest BCUT2D eigenvalue weighted by Gasteiger charge is -2.18. The SMILES string of the molecule is NNC(Cc1ccc(I)cc1)C1C2CCCC21. The summed E-state index contributed by atoms with van der Waals surface area (Å²) in [6, 6.07) is 9.29. The zero-order chi connectivity index (χ0) is 11.8. The lowest BCUT2D eigenvalue weighted by atomic mass is 9.98. The van der Waals surface area contributed by atoms with Gasteiger partial charge >= 0.3 is 0 Å². The Labute approximate surface area is 116 Å². The van der Waals surface area contributed by atoms with Crippen molar-refractivity contribution in [2.45, 2.75) is 31.7 Å². The van der Waals surface area contributed by atoms with Crippen molar-refractivity contribution >= 4 is 22.6 Å². The van der Waals surface area contributed by atoms with Crippen LogP contribution in [0.5, 0.6) is 0 Å². The van der Waals surface area contributed by atoms with Crippen LogP contribution in [0.3, 0.4) is 0 Å². The van der Waals surface area contributed by atoms with E-state index in [0.29, 0.717) is 6.04 Å². The van der Waals surface area contributed by atoms with Crippen molar-refractivity contribution < 1.29 is 0 Å². The van der Waals surface area contributed by atoms with Gasteiger partial charge in [-0.3, -0.25) is 11.3 Å². The van der Waals surface area contributed by atoms with Gasteiger partial charge in [-0.2, -0.15) is 0 Å². The molecule has 0 bridgehead atoms. The van der Waals surface area contributed by atoms with E-state index in [9.17, 15) is 0 Å². The molecule has 2 nitrogen and oxygen atoms in total. The van der Waals surface area contributed by atoms with Crippen molar-refractivity contribution in [3.05, 3.63) is 33.4 Å². The highest BCUT2D eigenvalue weighted by Crippen LogP contribution is 2.59. The number of rotatable bonds is 4. The minimum Gasteiger partial charge on any atom is -0.271 e. The molecule has 92 valence electrons. The maximum absolute atomic E-state index is 5.74. The maximum atomic E-state index is 5.74. The van der Waals surface area contributed by atoms with Gasteiger partial charge < -0.3 is 0 Å². The van der Waals surface area contributed by atoms with Gasteiger partial charge in [0, 0.05) is 9.61 Å². The van der Waals surface area contributed by atoms with Gasteiger partial charge in [0.15, 0.2) is 0 Å². The summed E-state index contributed by atoms with van der Waals surface area (Å²) in [4.78, 5) is 0. The summed E-state index contributed by atoms with van der Waals surface area (Å²) in [5, 5.41) is 0. The second-order valence-corrected chi connectivity index (χ2v) is 6.69. The third-order valence-corrected chi connectivity index (χ3v) is 5.24. The number of nitrogens with one attached hydrogen (secondary N) is 1. The minimum atomic E-state index is 0.477. The van der Waals surface area contributed by atoms with Gasteiger partial charge in [-0.1, -0.05) is 18.6 Å². The predicted molar refractivity (Wildman–Crippen MR) is 78.3 cm³/mol. The van der Waals surface area contributed by atoms with Crippen LogP contribution in [0, 0.1) is 21.3 Å². The number of nitrogens with two attached hydrogens (primary N) is 1. The van der Waals surface area contributed by atoms with Crippen molar-refractivity contribution in [2.75, 3.05) is 0 Å². The van der Waals surface area contributed by atoms with E-state index in [0.717, 1.165) is 24.2 Å². The molecule has 0 aromatic heterocycles. The maximum Gasteiger partial charge on any atom is 0.0284 e. The Morgan fingerprint density at radius 1 is 1.24 bits per heavy atom. The van der Waals surface area contributed by atoms with Crippen molar-refractivity contribution in [1.29, 1.82) is 0 Å². The van der Waals surface area contributed by atoms with E-state index >= 15 is 0 Å². The fourth-order valence-electron chi connectivity index (χ4n) is 3.65. The number of hydrogen-bond acceptors (Lipinski definition) is 2. The topological polar surface area (TPSA) is 38.0 Å². The fourth-order valence-corrected chi connectivity index (χ4v) is 4.01. The molecule has 17 heavy (non-hydrogen) atoms. The number of fused-ring (bicyclic) bond motifs is 1. The van der Waals surface area contributed by atoms with E-state index in [2.05, 4.69) is 52.3 Å². The molecule has 2 saturated carbocycles. The predicted octanol–water partition coefficient (Wildman–Crippen LogP) is 2.71. The van der Waals surface area contributed by atoms with Crippen molar-refractivity contribution in [1.82, 2.24) is 5.43 Å². The van der Waals surface area contributed by atoms with E-state index in [1.54, 1.807) is 0 Å². The van der Waals surface area contributed by atoms with Crippen molar-refractivity contribution in [3.63, 3.8) is 0 Å². The van der Waals surface area contributed by atoms with Gasteiger partial charge in [0.1, 0.15) is 0 Å². The summed E-state index contributed by atoms with van der Waals surface area (Å²) in [5.74, 6) is 8.53. The summed E-state index contributed by atoms with van der Waals surface area (Å²) in [6.07, 6.45) is 5.37. The molecule has 3 heteroatoms. The molecule has 3 rings (SSSR count). The molecule has 3 N–H and O–H groups in total. The Morgan fingerprint density at radius 3 is 2.47 bits per heavy atom. The fraction of sp³-hybridized carbons (Fsp3) is 0.571. The van der Waals surface area contributed by atoms with E-state index in [-0.39, 0.29) is 0 Å². The first-order valence-electron chi connectivity index (χ1n) is 6.50. The first-order chi connectivity index (χ1) is 8.29. The molecule has 2 fully saturated rings. The van der Waals surface area contributed by atoms with E-state index in [1.807, 2.05) is 0 Å². The van der Waals surface area contributed by atoms with Gasteiger partial charge in [0.05, 0.1) is 0 Å². The van der Waals surface area contributed by atoms with Crippen molar-refractivity contribution in [3.8, 4) is 0 Å². The van der Waals surface area contributed by atoms with Crippen LogP contribution in [0.1, 0.15) is 24.8 Å². The third-order valence-electron chi connectivity index (χ3n) is 4.52. The molecule has 1 aromatic carbocycles. The smallest absolute Gasteiger partial charge is 0.0284 e. The van der Waals surface area contributed by atoms with E-state index in [1.165, 1.54) is 28.4 Å². The normalized spacial score (nSPS) is 32.2. The monoisotopic (exact) mass is 342 g/mol. The molecule has 0 aliphatic heterocycles. The third kappa shape index (κ3) is 2.37. The van der Waals surface area contributed by atoms with Crippen LogP contribution in [0.4, 0.5) is 0 Å². The zero-order valence-electron chi connectivity index (χ0n) is 9.90. The van der Waals surface area contributed by atoms with Crippen molar-refractivity contribution in [2.24, 2.45) is 23.6 Å². The highest BCUT2D eigenvalue weighted by molar-refractivity contribution is 14.1. The Kier molecular flexibility index (Phi) is 3.41. The molecule has 3 atom stereocenters. The molecule has 2 aliphatic rings. The van der Waals surface area contributed by atoms with Crippen LogP contribution in [0.2, 0.25) is 0 Å². The number of halogens is 1. The number of hydrogen-bond donors (Lipinski definition) is 2. The molecule has 3 unspecified atom stereocenters. The van der Waals surface area contributed by atoms with Gasteiger partial charge in [-0.25, -0.2) is 0 Å². The second kappa shape index (κ2) is 4.86. The Bertz CT molecular complexity index is 380. The molecule has 0 amide bonds. The average Bonchev–Trinajstić information content (AvgIpc) is 2.82. The highest BCUT2D eigenvalue weighted by Gasteiger charge is 2.55. The van der Waals surface area contributed by atoms with Gasteiger partial charge in [0.25, 0.3) is 0 Å². The molecular formula is C14H19IN2. The first kappa shape index (κ1) is 11.9. The molecule has 0 heterocycles. The number of benzene rings is 1. The van der Waals surface area contributed by atoms with Crippen LogP contribution in [-0.4, -0.2) is 6.04 Å². The van der Waals surface area contributed by atoms with E-state index < -0.39 is 0 Å². The largest absolute Gasteiger partial charge is 0.271 e. The van der Waals surface area contributed by atoms with Crippen LogP contribution in [0.25, 0.3) is 0 Å². The quantitative estimate of drug-likeness (QED) is 0.502. The summed E-state index contributed by atoms with van der Waals surface area (Å²) < 4.78 is 1.30. The Hall–Kier alpha value is -0.130. The molecule has 1 aromatic rings. The summed E-state index contributed by atoms with van der Waals surface area (Å²) in [5.41, 5.74) is 4.46. The van der Waals surface area contributed by atoms with Crippen LogP contribution in [0.15, 0.2) is 24.3 Å². The van der Waals surface area contributed by atoms with Crippen LogP contribution < -0.4 is 11.3 Å². The molecule has 2 aliphatic carbocycles. The number of hydrazine groups is 1. The molecule has 0 radical (unpaired) electrons. The Morgan fingerprint density at radius 2 is 1.88 bits per heavy atom. The molecule has 0 saturated heterocycles. The van der Waals surface area contributed by atoms with Gasteiger partial charge in [-0.15, -0.1) is 0 Å². The minimum absolute atomic E-state index is 0.477. The van der Waals surface area contributed by atoms with Gasteiger partial charge in [-0.05, 0) is 77.3 Å². The standard InChI is InChI=1S/C14H19IN2/c15-10-6-4-9(5-7-10)8-13(17-16)14-11-2-1-3-12(11)14/h4-7,11-14,17H,1-3,8,16H2. The van der Waals surface area contributed by atoms with Crippen LogP contribution >= 0.6 is 22.6 Å². The molecule has 0 spiro atoms. The molecular weight excluding hydrogens is 323 g/mol. The highest BCUT2D eigenvalue weighted by atomic mass is 127. The first-order valence-corrected chi connectivity index (χ1v) is 7.58. The summed E-state index contributed by atoms with van der Waals surface area (Å²) in [6.45, 7) is 0. The van der Waals surface area contributed by atoms with Gasteiger partial charge in [0.2, 0.25) is 0 Å². The lowest BCUT2D eigenvalue weighted by molar-refractivity contribution is 0.410. The second-order valence-electron chi connectivity index (χ2n) is 5.44. The lowest BCUT2D eigenvalue weighted by Crippen LogP contribution is -2.39.